The Hall–Kier alpha value is -2.23. The van der Waals surface area contributed by atoms with Crippen molar-refractivity contribution in [2.75, 3.05) is 0 Å². The van der Waals surface area contributed by atoms with Gasteiger partial charge in [0.15, 0.2) is 5.76 Å². The summed E-state index contributed by atoms with van der Waals surface area (Å²) in [5.41, 5.74) is 0.857. The molecular formula is C11H8N2O2. The maximum atomic E-state index is 10.1. The lowest BCUT2D eigenvalue weighted by atomic mass is 10.2. The topological polar surface area (TPSA) is 56.0 Å². The van der Waals surface area contributed by atoms with Crippen LogP contribution in [0.3, 0.4) is 0 Å². The first kappa shape index (κ1) is 9.33. The largest absolute Gasteiger partial charge is 0.437 e. The Labute approximate surface area is 86.3 Å². The van der Waals surface area contributed by atoms with Crippen LogP contribution in [-0.4, -0.2) is 16.3 Å². The van der Waals surface area contributed by atoms with Crippen molar-refractivity contribution in [2.45, 2.75) is 0 Å². The van der Waals surface area contributed by atoms with Crippen LogP contribution >= 0.6 is 0 Å². The Kier molecular flexibility index (Phi) is 2.69. The second-order valence-electron chi connectivity index (χ2n) is 2.80. The van der Waals surface area contributed by atoms with E-state index in [1.54, 1.807) is 18.6 Å². The van der Waals surface area contributed by atoms with Gasteiger partial charge >= 0.3 is 0 Å². The number of aldehydes is 1. The Morgan fingerprint density at radius 2 is 2.27 bits per heavy atom. The fourth-order valence-electron chi connectivity index (χ4n) is 1.13. The summed E-state index contributed by atoms with van der Waals surface area (Å²) in [5, 5.41) is 0. The highest BCUT2D eigenvalue weighted by Crippen LogP contribution is 2.19. The van der Waals surface area contributed by atoms with Crippen LogP contribution in [-0.2, 0) is 4.79 Å². The van der Waals surface area contributed by atoms with Gasteiger partial charge in [-0.25, -0.2) is 4.98 Å². The van der Waals surface area contributed by atoms with E-state index < -0.39 is 0 Å². The van der Waals surface area contributed by atoms with E-state index in [1.807, 2.05) is 12.1 Å². The molecule has 0 N–H and O–H groups in total. The molecule has 4 nitrogen and oxygen atoms in total. The van der Waals surface area contributed by atoms with Gasteiger partial charge in [0, 0.05) is 24.0 Å². The number of carbonyl (C=O) groups is 1. The molecule has 0 fully saturated rings. The highest BCUT2D eigenvalue weighted by Gasteiger charge is 2.03. The molecule has 0 radical (unpaired) electrons. The van der Waals surface area contributed by atoms with Crippen LogP contribution in [0, 0.1) is 0 Å². The van der Waals surface area contributed by atoms with Crippen molar-refractivity contribution in [3.63, 3.8) is 0 Å². The van der Waals surface area contributed by atoms with Crippen LogP contribution in [0.4, 0.5) is 0 Å². The third-order valence-corrected chi connectivity index (χ3v) is 1.79. The molecule has 0 aromatic carbocycles. The molecule has 4 heteroatoms. The summed E-state index contributed by atoms with van der Waals surface area (Å²) in [6, 6.07) is 3.69. The monoisotopic (exact) mass is 200 g/mol. The summed E-state index contributed by atoms with van der Waals surface area (Å²) in [6.07, 6.45) is 8.49. The zero-order chi connectivity index (χ0) is 10.5. The highest BCUT2D eigenvalue weighted by molar-refractivity contribution is 5.72. The number of hydrogen-bond donors (Lipinski definition) is 0. The Bertz CT molecular complexity index is 474. The molecule has 2 heterocycles. The van der Waals surface area contributed by atoms with Gasteiger partial charge in [-0.15, -0.1) is 0 Å². The Balaban J connectivity index is 2.28. The van der Waals surface area contributed by atoms with Crippen LogP contribution in [0.25, 0.3) is 17.4 Å². The van der Waals surface area contributed by atoms with Gasteiger partial charge in [-0.3, -0.25) is 9.78 Å². The minimum absolute atomic E-state index is 0.404. The molecule has 0 amide bonds. The lowest BCUT2D eigenvalue weighted by Crippen LogP contribution is -1.74. The minimum atomic E-state index is 0.404. The van der Waals surface area contributed by atoms with Crippen LogP contribution < -0.4 is 0 Å². The van der Waals surface area contributed by atoms with E-state index >= 15 is 0 Å². The van der Waals surface area contributed by atoms with Crippen LogP contribution in [0.2, 0.25) is 0 Å². The first-order chi connectivity index (χ1) is 7.40. The normalized spacial score (nSPS) is 10.7. The molecule has 2 aromatic heterocycles. The van der Waals surface area contributed by atoms with E-state index in [4.69, 9.17) is 4.42 Å². The van der Waals surface area contributed by atoms with E-state index in [1.165, 1.54) is 12.2 Å². The number of carbonyl (C=O) groups excluding carboxylic acids is 1. The van der Waals surface area contributed by atoms with E-state index in [9.17, 15) is 4.79 Å². The van der Waals surface area contributed by atoms with Crippen LogP contribution in [0.1, 0.15) is 5.89 Å². The summed E-state index contributed by atoms with van der Waals surface area (Å²) >= 11 is 0. The average Bonchev–Trinajstić information content (AvgIpc) is 2.76. The van der Waals surface area contributed by atoms with Crippen molar-refractivity contribution in [2.24, 2.45) is 0 Å². The average molecular weight is 200 g/mol. The number of rotatable bonds is 3. The molecule has 0 aliphatic carbocycles. The smallest absolute Gasteiger partial charge is 0.219 e. The first-order valence-electron chi connectivity index (χ1n) is 4.38. The van der Waals surface area contributed by atoms with Crippen LogP contribution in [0.5, 0.6) is 0 Å². The molecule has 15 heavy (non-hydrogen) atoms. The number of allylic oxidation sites excluding steroid dienone is 1. The minimum Gasteiger partial charge on any atom is -0.437 e. The molecule has 0 bridgehead atoms. The molecule has 0 aliphatic rings. The van der Waals surface area contributed by atoms with Gasteiger partial charge in [0.1, 0.15) is 6.29 Å². The molecule has 0 unspecified atom stereocenters. The zero-order valence-electron chi connectivity index (χ0n) is 7.83. The fraction of sp³-hybridized carbons (Fsp3) is 0. The molecule has 0 saturated heterocycles. The number of pyridine rings is 1. The summed E-state index contributed by atoms with van der Waals surface area (Å²) in [5.74, 6) is 1.04. The van der Waals surface area contributed by atoms with Gasteiger partial charge < -0.3 is 4.42 Å². The maximum absolute atomic E-state index is 10.1. The molecular weight excluding hydrogens is 192 g/mol. The van der Waals surface area contributed by atoms with Crippen molar-refractivity contribution in [1.29, 1.82) is 0 Å². The van der Waals surface area contributed by atoms with E-state index in [-0.39, 0.29) is 0 Å². The summed E-state index contributed by atoms with van der Waals surface area (Å²) in [7, 11) is 0. The van der Waals surface area contributed by atoms with E-state index in [2.05, 4.69) is 9.97 Å². The molecule has 0 atom stereocenters. The third-order valence-electron chi connectivity index (χ3n) is 1.79. The number of oxazole rings is 1. The van der Waals surface area contributed by atoms with Crippen molar-refractivity contribution < 1.29 is 9.21 Å². The number of hydrogen-bond acceptors (Lipinski definition) is 4. The zero-order valence-corrected chi connectivity index (χ0v) is 7.83. The fourth-order valence-corrected chi connectivity index (χ4v) is 1.13. The van der Waals surface area contributed by atoms with Gasteiger partial charge in [0.05, 0.1) is 6.20 Å². The van der Waals surface area contributed by atoms with Gasteiger partial charge in [0.25, 0.3) is 0 Å². The number of aromatic nitrogens is 2. The quantitative estimate of drug-likeness (QED) is 0.561. The molecule has 74 valence electrons. The van der Waals surface area contributed by atoms with Crippen molar-refractivity contribution >= 4 is 12.4 Å². The standard InChI is InChI=1S/C11H8N2O2/c14-6-2-4-11-13-8-10(15-11)9-3-1-5-12-7-9/h1-8H/b4-2+. The lowest BCUT2D eigenvalue weighted by molar-refractivity contribution is -0.104. The number of nitrogens with zero attached hydrogens (tertiary/aromatic N) is 2. The summed E-state index contributed by atoms with van der Waals surface area (Å²) < 4.78 is 5.37. The predicted octanol–water partition coefficient (Wildman–Crippen LogP) is 1.95. The van der Waals surface area contributed by atoms with Gasteiger partial charge in [-0.1, -0.05) is 0 Å². The second kappa shape index (κ2) is 4.32. The van der Waals surface area contributed by atoms with E-state index in [0.29, 0.717) is 17.9 Å². The first-order valence-corrected chi connectivity index (χ1v) is 4.38. The van der Waals surface area contributed by atoms with E-state index in [0.717, 1.165) is 5.56 Å². The summed E-state index contributed by atoms with van der Waals surface area (Å²) in [6.45, 7) is 0. The van der Waals surface area contributed by atoms with Crippen molar-refractivity contribution in [3.05, 3.63) is 42.7 Å². The molecule has 0 saturated carbocycles. The molecule has 2 rings (SSSR count). The summed E-state index contributed by atoms with van der Waals surface area (Å²) in [4.78, 5) is 18.0. The molecule has 2 aromatic rings. The molecule has 0 spiro atoms. The Morgan fingerprint density at radius 1 is 1.33 bits per heavy atom. The maximum Gasteiger partial charge on any atom is 0.219 e. The molecule has 0 aliphatic heterocycles. The predicted molar refractivity (Wildman–Crippen MR) is 54.8 cm³/mol. The van der Waals surface area contributed by atoms with Crippen molar-refractivity contribution in [1.82, 2.24) is 9.97 Å². The van der Waals surface area contributed by atoms with Gasteiger partial charge in [-0.05, 0) is 18.2 Å². The van der Waals surface area contributed by atoms with Crippen molar-refractivity contribution in [3.8, 4) is 11.3 Å². The SMILES string of the molecule is O=C/C=C/c1ncc(-c2cccnc2)o1. The lowest BCUT2D eigenvalue weighted by Gasteiger charge is -1.91. The van der Waals surface area contributed by atoms with Gasteiger partial charge in [0.2, 0.25) is 5.89 Å². The van der Waals surface area contributed by atoms with Gasteiger partial charge in [-0.2, -0.15) is 0 Å². The van der Waals surface area contributed by atoms with Crippen LogP contribution in [0.15, 0.2) is 41.2 Å². The Morgan fingerprint density at radius 3 is 3.00 bits per heavy atom. The third kappa shape index (κ3) is 2.17. The second-order valence-corrected chi connectivity index (χ2v) is 2.80. The highest BCUT2D eigenvalue weighted by atomic mass is 16.4.